The van der Waals surface area contributed by atoms with Crippen molar-refractivity contribution in [1.82, 2.24) is 5.32 Å². The van der Waals surface area contributed by atoms with E-state index in [2.05, 4.69) is 21.2 Å². The second kappa shape index (κ2) is 7.79. The van der Waals surface area contributed by atoms with Crippen molar-refractivity contribution >= 4 is 51.2 Å². The molecule has 2 heterocycles. The van der Waals surface area contributed by atoms with E-state index in [9.17, 15) is 18.8 Å². The second-order valence-electron chi connectivity index (χ2n) is 6.84. The molecule has 2 aliphatic rings. The van der Waals surface area contributed by atoms with Crippen LogP contribution in [0.4, 0.5) is 20.6 Å². The van der Waals surface area contributed by atoms with Crippen LogP contribution in [0.2, 0.25) is 0 Å². The number of carbonyl (C=O) groups excluding carboxylic acids is 3. The number of amides is 4. The fraction of sp³-hybridized carbons (Fsp3) is 0.190. The molecule has 8 heteroatoms. The lowest BCUT2D eigenvalue weighted by Gasteiger charge is -2.26. The summed E-state index contributed by atoms with van der Waals surface area (Å²) in [5, 5.41) is 2.16. The van der Waals surface area contributed by atoms with Crippen molar-refractivity contribution < 1.29 is 18.8 Å². The van der Waals surface area contributed by atoms with Crippen molar-refractivity contribution in [3.05, 3.63) is 63.9 Å². The van der Waals surface area contributed by atoms with Crippen LogP contribution in [0.15, 0.2) is 52.5 Å². The Balaban J connectivity index is 1.65. The van der Waals surface area contributed by atoms with Gasteiger partial charge in [0.2, 0.25) is 0 Å². The first-order valence-corrected chi connectivity index (χ1v) is 9.95. The Bertz CT molecular complexity index is 1030. The highest BCUT2D eigenvalue weighted by Crippen LogP contribution is 2.27. The number of anilines is 2. The maximum atomic E-state index is 14.6. The maximum absolute atomic E-state index is 14.6. The summed E-state index contributed by atoms with van der Waals surface area (Å²) in [7, 11) is 0. The van der Waals surface area contributed by atoms with Gasteiger partial charge in [0.25, 0.3) is 11.8 Å². The number of hydrogen-bond donors (Lipinski definition) is 1. The predicted octanol–water partition coefficient (Wildman–Crippen LogP) is 3.85. The lowest BCUT2D eigenvalue weighted by Crippen LogP contribution is -2.54. The lowest BCUT2D eigenvalue weighted by atomic mass is 10.1. The molecular weight excluding hydrogens is 441 g/mol. The van der Waals surface area contributed by atoms with Crippen LogP contribution in [0.1, 0.15) is 18.4 Å². The third-order valence-electron chi connectivity index (χ3n) is 4.92. The molecule has 2 aromatic carbocycles. The quantitative estimate of drug-likeness (QED) is 0.561. The summed E-state index contributed by atoms with van der Waals surface area (Å²) in [4.78, 5) is 40.2. The van der Waals surface area contributed by atoms with Crippen LogP contribution < -0.4 is 15.1 Å². The van der Waals surface area contributed by atoms with Gasteiger partial charge in [-0.15, -0.1) is 0 Å². The number of imide groups is 2. The third-order valence-corrected chi connectivity index (χ3v) is 5.44. The Labute approximate surface area is 175 Å². The van der Waals surface area contributed by atoms with E-state index in [-0.39, 0.29) is 5.57 Å². The standard InChI is InChI=1S/C21H17BrFN3O3/c22-14-4-6-15(7-5-14)26-20(28)16(19(27)24-21(26)29)11-13-3-8-18(17(23)12-13)25-9-1-2-10-25/h3-8,11-12H,1-2,9-10H2,(H,24,27,29)/b16-11-. The fourth-order valence-electron chi connectivity index (χ4n) is 3.48. The van der Waals surface area contributed by atoms with Gasteiger partial charge in [-0.1, -0.05) is 22.0 Å². The van der Waals surface area contributed by atoms with Crippen LogP contribution in [0, 0.1) is 5.82 Å². The topological polar surface area (TPSA) is 69.7 Å². The smallest absolute Gasteiger partial charge is 0.335 e. The summed E-state index contributed by atoms with van der Waals surface area (Å²) in [5.41, 5.74) is 0.968. The molecule has 0 saturated carbocycles. The highest BCUT2D eigenvalue weighted by atomic mass is 79.9. The number of nitrogens with one attached hydrogen (secondary N) is 1. The van der Waals surface area contributed by atoms with E-state index >= 15 is 0 Å². The fourth-order valence-corrected chi connectivity index (χ4v) is 3.74. The van der Waals surface area contributed by atoms with Crippen LogP contribution in [0.25, 0.3) is 6.08 Å². The van der Waals surface area contributed by atoms with E-state index in [0.717, 1.165) is 35.3 Å². The summed E-state index contributed by atoms with van der Waals surface area (Å²) < 4.78 is 15.4. The first kappa shape index (κ1) is 19.3. The number of halogens is 2. The summed E-state index contributed by atoms with van der Waals surface area (Å²) in [5.74, 6) is -1.98. The van der Waals surface area contributed by atoms with E-state index in [1.807, 2.05) is 4.90 Å². The highest BCUT2D eigenvalue weighted by Gasteiger charge is 2.36. The van der Waals surface area contributed by atoms with E-state index in [4.69, 9.17) is 0 Å². The Morgan fingerprint density at radius 3 is 2.34 bits per heavy atom. The van der Waals surface area contributed by atoms with Gasteiger partial charge in [0, 0.05) is 17.6 Å². The molecule has 0 unspecified atom stereocenters. The molecule has 29 heavy (non-hydrogen) atoms. The highest BCUT2D eigenvalue weighted by molar-refractivity contribution is 9.10. The van der Waals surface area contributed by atoms with Gasteiger partial charge in [-0.25, -0.2) is 14.1 Å². The summed E-state index contributed by atoms with van der Waals surface area (Å²) in [6.07, 6.45) is 3.35. The van der Waals surface area contributed by atoms with Crippen molar-refractivity contribution in [2.45, 2.75) is 12.8 Å². The molecule has 0 aliphatic carbocycles. The van der Waals surface area contributed by atoms with Crippen LogP contribution in [0.5, 0.6) is 0 Å². The van der Waals surface area contributed by atoms with Gasteiger partial charge in [-0.05, 0) is 60.9 Å². The molecule has 2 saturated heterocycles. The molecule has 6 nitrogen and oxygen atoms in total. The number of nitrogens with zero attached hydrogens (tertiary/aromatic N) is 2. The number of carbonyl (C=O) groups is 3. The zero-order valence-corrected chi connectivity index (χ0v) is 16.9. The van der Waals surface area contributed by atoms with Crippen molar-refractivity contribution in [1.29, 1.82) is 0 Å². The number of hydrogen-bond acceptors (Lipinski definition) is 4. The molecule has 0 radical (unpaired) electrons. The number of barbiturate groups is 1. The largest absolute Gasteiger partial charge is 0.369 e. The van der Waals surface area contributed by atoms with Crippen LogP contribution in [0.3, 0.4) is 0 Å². The molecule has 0 atom stereocenters. The molecule has 148 valence electrons. The van der Waals surface area contributed by atoms with Gasteiger partial charge < -0.3 is 4.90 Å². The summed E-state index contributed by atoms with van der Waals surface area (Å²) in [6, 6.07) is 10.3. The number of rotatable bonds is 3. The molecule has 2 aliphatic heterocycles. The molecule has 1 N–H and O–H groups in total. The molecule has 4 rings (SSSR count). The first-order valence-electron chi connectivity index (χ1n) is 9.15. The Morgan fingerprint density at radius 2 is 1.69 bits per heavy atom. The Morgan fingerprint density at radius 1 is 1.00 bits per heavy atom. The predicted molar refractivity (Wildman–Crippen MR) is 111 cm³/mol. The maximum Gasteiger partial charge on any atom is 0.335 e. The van der Waals surface area contributed by atoms with Crippen LogP contribution in [-0.2, 0) is 9.59 Å². The van der Waals surface area contributed by atoms with E-state index in [1.54, 1.807) is 36.4 Å². The van der Waals surface area contributed by atoms with Crippen LogP contribution >= 0.6 is 15.9 Å². The van der Waals surface area contributed by atoms with Crippen LogP contribution in [-0.4, -0.2) is 30.9 Å². The van der Waals surface area contributed by atoms with Crippen molar-refractivity contribution in [3.8, 4) is 0 Å². The number of benzene rings is 2. The summed E-state index contributed by atoms with van der Waals surface area (Å²) >= 11 is 3.29. The zero-order valence-electron chi connectivity index (χ0n) is 15.3. The van der Waals surface area contributed by atoms with E-state index in [1.165, 1.54) is 12.1 Å². The minimum Gasteiger partial charge on any atom is -0.369 e. The van der Waals surface area contributed by atoms with Crippen molar-refractivity contribution in [3.63, 3.8) is 0 Å². The second-order valence-corrected chi connectivity index (χ2v) is 7.75. The Hall–Kier alpha value is -3.00. The zero-order chi connectivity index (χ0) is 20.5. The molecule has 0 aromatic heterocycles. The molecule has 0 bridgehead atoms. The normalized spacial score (nSPS) is 18.6. The first-order chi connectivity index (χ1) is 13.9. The third kappa shape index (κ3) is 3.80. The lowest BCUT2D eigenvalue weighted by molar-refractivity contribution is -0.122. The average molecular weight is 458 g/mol. The average Bonchev–Trinajstić information content (AvgIpc) is 3.21. The van der Waals surface area contributed by atoms with Gasteiger partial charge in [0.15, 0.2) is 0 Å². The minimum absolute atomic E-state index is 0.235. The monoisotopic (exact) mass is 457 g/mol. The molecule has 2 aromatic rings. The number of urea groups is 1. The minimum atomic E-state index is -0.824. The molecule has 4 amide bonds. The Kier molecular flexibility index (Phi) is 5.19. The SMILES string of the molecule is O=C1NC(=O)N(c2ccc(Br)cc2)C(=O)/C1=C\c1ccc(N2CCCC2)c(F)c1. The van der Waals surface area contributed by atoms with Gasteiger partial charge in [-0.3, -0.25) is 14.9 Å². The van der Waals surface area contributed by atoms with Gasteiger partial charge in [0.05, 0.1) is 11.4 Å². The molecule has 2 fully saturated rings. The van der Waals surface area contributed by atoms with Gasteiger partial charge in [0.1, 0.15) is 11.4 Å². The summed E-state index contributed by atoms with van der Waals surface area (Å²) in [6.45, 7) is 1.62. The van der Waals surface area contributed by atoms with Crippen molar-refractivity contribution in [2.24, 2.45) is 0 Å². The van der Waals surface area contributed by atoms with E-state index < -0.39 is 23.7 Å². The van der Waals surface area contributed by atoms with E-state index in [0.29, 0.717) is 16.9 Å². The van der Waals surface area contributed by atoms with Gasteiger partial charge >= 0.3 is 6.03 Å². The molecule has 0 spiro atoms. The van der Waals surface area contributed by atoms with Crippen molar-refractivity contribution in [2.75, 3.05) is 22.9 Å². The molecular formula is C21H17BrFN3O3. The van der Waals surface area contributed by atoms with Gasteiger partial charge in [-0.2, -0.15) is 0 Å².